The minimum absolute atomic E-state index is 0.326. The topological polar surface area (TPSA) is 51.8 Å². The molecule has 0 N–H and O–H groups in total. The molecule has 2 aromatic heterocycles. The van der Waals surface area contributed by atoms with Gasteiger partial charge in [0, 0.05) is 33.4 Å². The maximum Gasteiger partial charge on any atom is 0.164 e. The number of hydrogen-bond donors (Lipinski definition) is 0. The van der Waals surface area contributed by atoms with Crippen LogP contribution in [0.4, 0.5) is 0 Å². The number of nitrogens with zero attached hydrogens (tertiary/aromatic N) is 3. The Kier molecular flexibility index (Phi) is 8.42. The number of furan rings is 1. The van der Waals surface area contributed by atoms with Gasteiger partial charge in [0.15, 0.2) is 17.5 Å². The molecule has 1 atom stereocenters. The molecule has 2 aliphatic rings. The second-order valence-corrected chi connectivity index (χ2v) is 14.3. The van der Waals surface area contributed by atoms with Crippen LogP contribution in [0.5, 0.6) is 0 Å². The molecule has 0 amide bonds. The first-order valence-corrected chi connectivity index (χ1v) is 19.0. The van der Waals surface area contributed by atoms with Crippen LogP contribution in [0.1, 0.15) is 41.9 Å². The number of allylic oxidation sites excluding steroid dienone is 8. The fraction of sp³-hybridized carbons (Fsp3) is 0.0784. The average Bonchev–Trinajstić information content (AvgIpc) is 3.67. The Balaban J connectivity index is 1.08. The van der Waals surface area contributed by atoms with Crippen molar-refractivity contribution >= 4 is 33.1 Å². The summed E-state index contributed by atoms with van der Waals surface area (Å²) >= 11 is 0. The van der Waals surface area contributed by atoms with Crippen molar-refractivity contribution in [3.63, 3.8) is 0 Å². The van der Waals surface area contributed by atoms with Gasteiger partial charge in [-0.1, -0.05) is 170 Å². The highest BCUT2D eigenvalue weighted by Crippen LogP contribution is 2.44. The second-order valence-electron chi connectivity index (χ2n) is 14.3. The Bertz CT molecular complexity index is 2760. The lowest BCUT2D eigenvalue weighted by molar-refractivity contribution is 0.669. The third kappa shape index (κ3) is 6.32. The highest BCUT2D eigenvalue weighted by atomic mass is 16.3. The molecule has 2 heterocycles. The highest BCUT2D eigenvalue weighted by Gasteiger charge is 2.24. The lowest BCUT2D eigenvalue weighted by Gasteiger charge is -2.26. The van der Waals surface area contributed by atoms with Crippen LogP contribution in [-0.4, -0.2) is 15.0 Å². The average molecular weight is 708 g/mol. The van der Waals surface area contributed by atoms with Crippen molar-refractivity contribution in [3.05, 3.63) is 210 Å². The minimum atomic E-state index is 0.326. The first-order valence-electron chi connectivity index (χ1n) is 19.0. The molecule has 6 aromatic carbocycles. The van der Waals surface area contributed by atoms with E-state index in [1.165, 1.54) is 39.0 Å². The summed E-state index contributed by atoms with van der Waals surface area (Å²) in [5.41, 5.74) is 13.7. The van der Waals surface area contributed by atoms with E-state index in [4.69, 9.17) is 19.4 Å². The molecular weight excluding hydrogens is 671 g/mol. The molecule has 262 valence electrons. The summed E-state index contributed by atoms with van der Waals surface area (Å²) in [6, 6.07) is 54.5. The zero-order chi connectivity index (χ0) is 36.6. The third-order valence-corrected chi connectivity index (χ3v) is 10.9. The van der Waals surface area contributed by atoms with Gasteiger partial charge in [0.1, 0.15) is 11.2 Å². The van der Waals surface area contributed by atoms with Crippen LogP contribution in [0.2, 0.25) is 0 Å². The molecule has 0 radical (unpaired) electrons. The van der Waals surface area contributed by atoms with Crippen LogP contribution < -0.4 is 0 Å². The number of hydrogen-bond acceptors (Lipinski definition) is 4. The van der Waals surface area contributed by atoms with Gasteiger partial charge in [-0.15, -0.1) is 0 Å². The van der Waals surface area contributed by atoms with E-state index >= 15 is 0 Å². The molecule has 0 fully saturated rings. The molecule has 0 bridgehead atoms. The molecule has 0 aliphatic heterocycles. The van der Waals surface area contributed by atoms with Crippen LogP contribution in [0.3, 0.4) is 0 Å². The molecule has 55 heavy (non-hydrogen) atoms. The minimum Gasteiger partial charge on any atom is -0.456 e. The van der Waals surface area contributed by atoms with E-state index in [0.717, 1.165) is 57.9 Å². The van der Waals surface area contributed by atoms with Crippen molar-refractivity contribution in [1.82, 2.24) is 15.0 Å². The van der Waals surface area contributed by atoms with Gasteiger partial charge in [-0.2, -0.15) is 0 Å². The molecule has 0 saturated heterocycles. The number of aromatic nitrogens is 3. The quantitative estimate of drug-likeness (QED) is 0.165. The van der Waals surface area contributed by atoms with Gasteiger partial charge in [0.05, 0.1) is 0 Å². The number of benzene rings is 6. The van der Waals surface area contributed by atoms with Gasteiger partial charge >= 0.3 is 0 Å². The van der Waals surface area contributed by atoms with Crippen molar-refractivity contribution in [2.75, 3.05) is 0 Å². The second kappa shape index (κ2) is 14.1. The molecule has 0 saturated carbocycles. The zero-order valence-electron chi connectivity index (χ0n) is 30.3. The van der Waals surface area contributed by atoms with Crippen LogP contribution >= 0.6 is 0 Å². The smallest absolute Gasteiger partial charge is 0.164 e. The van der Waals surface area contributed by atoms with Crippen LogP contribution in [-0.2, 0) is 0 Å². The Morgan fingerprint density at radius 2 is 0.945 bits per heavy atom. The van der Waals surface area contributed by atoms with Crippen molar-refractivity contribution in [2.24, 2.45) is 0 Å². The van der Waals surface area contributed by atoms with Gasteiger partial charge in [-0.05, 0) is 70.4 Å². The van der Waals surface area contributed by atoms with Crippen LogP contribution in [0.15, 0.2) is 198 Å². The number of fused-ring (bicyclic) bond motifs is 3. The van der Waals surface area contributed by atoms with E-state index in [1.807, 2.05) is 72.8 Å². The maximum atomic E-state index is 6.57. The monoisotopic (exact) mass is 707 g/mol. The van der Waals surface area contributed by atoms with E-state index < -0.39 is 0 Å². The molecule has 1 unspecified atom stereocenters. The van der Waals surface area contributed by atoms with E-state index in [1.54, 1.807) is 0 Å². The summed E-state index contributed by atoms with van der Waals surface area (Å²) in [5, 5.41) is 2.11. The van der Waals surface area contributed by atoms with Gasteiger partial charge in [0.2, 0.25) is 0 Å². The van der Waals surface area contributed by atoms with E-state index in [2.05, 4.69) is 109 Å². The summed E-state index contributed by atoms with van der Waals surface area (Å²) in [4.78, 5) is 15.1. The molecule has 2 aliphatic carbocycles. The Labute approximate surface area is 320 Å². The summed E-state index contributed by atoms with van der Waals surface area (Å²) < 4.78 is 6.57. The van der Waals surface area contributed by atoms with Gasteiger partial charge in [-0.25, -0.2) is 15.0 Å². The molecule has 0 spiro atoms. The molecule has 8 aromatic rings. The summed E-state index contributed by atoms with van der Waals surface area (Å²) in [7, 11) is 0. The first kappa shape index (κ1) is 32.7. The maximum absolute atomic E-state index is 6.57. The molecule has 10 rings (SSSR count). The van der Waals surface area contributed by atoms with Crippen molar-refractivity contribution in [3.8, 4) is 34.2 Å². The SMILES string of the molecule is C1=C(C2=CC(c3ccccc3)=CC(c3ccccc3)C2)CCC(c2cccc3oc4cccc(-c5nc(-c6ccccc6)nc(-c6ccccc6)n5)c4c23)=C1. The Hall–Kier alpha value is -6.91. The van der Waals surface area contributed by atoms with Crippen LogP contribution in [0, 0.1) is 0 Å². The molecule has 4 heteroatoms. The first-order chi connectivity index (χ1) is 27.2. The lowest BCUT2D eigenvalue weighted by atomic mass is 9.78. The van der Waals surface area contributed by atoms with Crippen molar-refractivity contribution in [2.45, 2.75) is 25.2 Å². The molecule has 4 nitrogen and oxygen atoms in total. The van der Waals surface area contributed by atoms with E-state index in [0.29, 0.717) is 23.4 Å². The zero-order valence-corrected chi connectivity index (χ0v) is 30.3. The summed E-state index contributed by atoms with van der Waals surface area (Å²) in [6.07, 6.45) is 12.4. The van der Waals surface area contributed by atoms with Gasteiger partial charge in [-0.3, -0.25) is 0 Å². The third-order valence-electron chi connectivity index (χ3n) is 10.9. The van der Waals surface area contributed by atoms with Crippen LogP contribution in [0.25, 0.3) is 67.2 Å². The Morgan fingerprint density at radius 3 is 1.55 bits per heavy atom. The molecular formula is C51H37N3O. The summed E-state index contributed by atoms with van der Waals surface area (Å²) in [6.45, 7) is 0. The van der Waals surface area contributed by atoms with Crippen molar-refractivity contribution < 1.29 is 4.42 Å². The number of rotatable bonds is 7. The fourth-order valence-electron chi connectivity index (χ4n) is 8.13. The van der Waals surface area contributed by atoms with E-state index in [9.17, 15) is 0 Å². The fourth-order valence-corrected chi connectivity index (χ4v) is 8.13. The normalized spacial score (nSPS) is 15.7. The van der Waals surface area contributed by atoms with Gasteiger partial charge in [0.25, 0.3) is 0 Å². The lowest BCUT2D eigenvalue weighted by Crippen LogP contribution is -2.07. The predicted molar refractivity (Wildman–Crippen MR) is 225 cm³/mol. The van der Waals surface area contributed by atoms with Crippen molar-refractivity contribution in [1.29, 1.82) is 0 Å². The van der Waals surface area contributed by atoms with E-state index in [-0.39, 0.29) is 0 Å². The summed E-state index contributed by atoms with van der Waals surface area (Å²) in [5.74, 6) is 2.22. The predicted octanol–water partition coefficient (Wildman–Crippen LogP) is 13.1. The van der Waals surface area contributed by atoms with Gasteiger partial charge < -0.3 is 4.42 Å². The highest BCUT2D eigenvalue weighted by molar-refractivity contribution is 6.15. The largest absolute Gasteiger partial charge is 0.456 e. The standard InChI is InChI=1S/C51H37N3O/c1-5-15-34(16-6-1)40-31-41(35-17-7-2-8-18-35)33-42(32-40)36-27-29-37(30-28-36)43-23-13-25-45-47(43)48-44(24-14-26-46(48)55-45)51-53-49(38-19-9-3-10-20-38)52-50(54-51)39-21-11-4-12-22-39/h1-27,29,31-32,41H,28,30,33H2. The Morgan fingerprint density at radius 1 is 0.436 bits per heavy atom.